The Morgan fingerprint density at radius 2 is 0.667 bits per heavy atom. The lowest BCUT2D eigenvalue weighted by atomic mass is 9.85. The van der Waals surface area contributed by atoms with Gasteiger partial charge in [-0.3, -0.25) is 0 Å². The van der Waals surface area contributed by atoms with E-state index in [1.807, 2.05) is 0 Å². The Balaban J connectivity index is 6.89. The predicted molar refractivity (Wildman–Crippen MR) is 47.7 cm³/mol. The van der Waals surface area contributed by atoms with Crippen LogP contribution in [0.2, 0.25) is 0 Å². The van der Waals surface area contributed by atoms with Crippen LogP contribution < -0.4 is 0 Å². The molecule has 0 aromatic heterocycles. The highest BCUT2D eigenvalue weighted by molar-refractivity contribution is 5.17. The molecule has 0 bridgehead atoms. The molecule has 0 spiro atoms. The summed E-state index contributed by atoms with van der Waals surface area (Å²) >= 11 is 0. The second-order valence-corrected chi connectivity index (χ2v) is 4.67. The van der Waals surface area contributed by atoms with Crippen LogP contribution in [0.25, 0.3) is 0 Å². The Morgan fingerprint density at radius 1 is 0.407 bits per heavy atom. The van der Waals surface area contributed by atoms with Crippen molar-refractivity contribution in [1.29, 1.82) is 0 Å². The number of hydrogen-bond donors (Lipinski definition) is 0. The highest BCUT2D eigenvalue weighted by atomic mass is 19.4. The molecule has 0 atom stereocenters. The molecular formula is C9H3F17O. The van der Waals surface area contributed by atoms with Gasteiger partial charge in [-0.25, -0.2) is 4.39 Å². The minimum Gasteiger partial charge on any atom is -0.319 e. The Kier molecular flexibility index (Phi) is 5.85. The summed E-state index contributed by atoms with van der Waals surface area (Å²) in [5.41, 5.74) is -8.53. The van der Waals surface area contributed by atoms with Gasteiger partial charge in [-0.2, -0.15) is 70.2 Å². The van der Waals surface area contributed by atoms with Gasteiger partial charge in [0.15, 0.2) is 0 Å². The quantitative estimate of drug-likeness (QED) is 0.479. The van der Waals surface area contributed by atoms with E-state index in [-0.39, 0.29) is 0 Å². The molecule has 0 heterocycles. The molecule has 0 N–H and O–H groups in total. The highest BCUT2D eigenvalue weighted by Crippen LogP contribution is 2.65. The summed E-state index contributed by atoms with van der Waals surface area (Å²) in [5.74, 6) is -33.6. The van der Waals surface area contributed by atoms with Crippen molar-refractivity contribution in [1.82, 2.24) is 0 Å². The van der Waals surface area contributed by atoms with E-state index in [1.165, 1.54) is 0 Å². The lowest BCUT2D eigenvalue weighted by Gasteiger charge is -2.43. The normalized spacial score (nSPS) is 16.7. The molecule has 0 aromatic carbocycles. The number of methoxy groups -OCH3 is 1. The van der Waals surface area contributed by atoms with E-state index in [0.29, 0.717) is 0 Å². The van der Waals surface area contributed by atoms with Crippen LogP contribution in [0, 0.1) is 0 Å². The van der Waals surface area contributed by atoms with Crippen molar-refractivity contribution >= 4 is 0 Å². The molecule has 0 saturated heterocycles. The van der Waals surface area contributed by atoms with E-state index >= 15 is 0 Å². The van der Waals surface area contributed by atoms with Crippen LogP contribution in [0.3, 0.4) is 0 Å². The topological polar surface area (TPSA) is 9.23 Å². The Labute approximate surface area is 136 Å². The minimum atomic E-state index is -8.74. The molecule has 0 aromatic rings. The van der Waals surface area contributed by atoms with Crippen molar-refractivity contribution in [3.8, 4) is 0 Å². The van der Waals surface area contributed by atoms with Gasteiger partial charge in [-0.05, 0) is 0 Å². The maximum absolute atomic E-state index is 13.1. The fraction of sp³-hybridized carbons (Fsp3) is 1.00. The van der Waals surface area contributed by atoms with Gasteiger partial charge in [0.25, 0.3) is 0 Å². The van der Waals surface area contributed by atoms with Gasteiger partial charge in [0, 0.05) is 7.11 Å². The SMILES string of the molecule is COC(F)(F)C(F)(F)C(F)(F)C(F)(F)C(F)(F)C(F)(C(F)(F)F)C(F)(F)F. The number of hydrogen-bond acceptors (Lipinski definition) is 1. The Hall–Kier alpha value is -1.23. The second-order valence-electron chi connectivity index (χ2n) is 4.67. The van der Waals surface area contributed by atoms with Crippen molar-refractivity contribution < 1.29 is 79.4 Å². The van der Waals surface area contributed by atoms with E-state index in [0.717, 1.165) is 0 Å². The number of alkyl halides is 17. The van der Waals surface area contributed by atoms with Gasteiger partial charge < -0.3 is 4.74 Å². The third-order valence-electron chi connectivity index (χ3n) is 3.02. The van der Waals surface area contributed by atoms with Crippen LogP contribution in [0.1, 0.15) is 0 Å². The van der Waals surface area contributed by atoms with E-state index in [2.05, 4.69) is 4.74 Å². The lowest BCUT2D eigenvalue weighted by molar-refractivity contribution is -0.478. The molecule has 18 heteroatoms. The zero-order valence-electron chi connectivity index (χ0n) is 11.8. The van der Waals surface area contributed by atoms with Crippen LogP contribution >= 0.6 is 0 Å². The third-order valence-corrected chi connectivity index (χ3v) is 3.02. The highest BCUT2D eigenvalue weighted by Gasteiger charge is 2.97. The smallest absolute Gasteiger partial charge is 0.319 e. The standard InChI is InChI=1S/C9H3F17O/c1-27-9(25,26)6(17,18)5(15,16)4(13,14)3(11,12)2(10,7(19,20)21)8(22,23)24/h1H3. The summed E-state index contributed by atoms with van der Waals surface area (Å²) in [6.07, 6.45) is -23.0. The maximum Gasteiger partial charge on any atom is 0.438 e. The van der Waals surface area contributed by atoms with Crippen molar-refractivity contribution in [2.24, 2.45) is 0 Å². The lowest BCUT2D eigenvalue weighted by Crippen LogP contribution is -2.76. The number of ether oxygens (including phenoxy) is 1. The molecule has 0 fully saturated rings. The molecular weight excluding hydrogens is 447 g/mol. The second kappa shape index (κ2) is 6.13. The zero-order chi connectivity index (χ0) is 22.7. The summed E-state index contributed by atoms with van der Waals surface area (Å²) in [6.45, 7) is 0. The van der Waals surface area contributed by atoms with Crippen LogP contribution in [-0.2, 0) is 4.74 Å². The molecule has 0 saturated carbocycles. The van der Waals surface area contributed by atoms with E-state index in [1.54, 1.807) is 0 Å². The monoisotopic (exact) mass is 450 g/mol. The predicted octanol–water partition coefficient (Wildman–Crippen LogP) is 5.60. The van der Waals surface area contributed by atoms with Crippen molar-refractivity contribution in [2.45, 2.75) is 47.8 Å². The summed E-state index contributed by atoms with van der Waals surface area (Å²) in [7, 11) is -0.578. The minimum absolute atomic E-state index is 0.578. The largest absolute Gasteiger partial charge is 0.438 e. The van der Waals surface area contributed by atoms with E-state index in [4.69, 9.17) is 0 Å². The first-order chi connectivity index (χ1) is 11.3. The van der Waals surface area contributed by atoms with Crippen LogP contribution in [0.15, 0.2) is 0 Å². The molecule has 0 aliphatic rings. The third kappa shape index (κ3) is 3.06. The zero-order valence-corrected chi connectivity index (χ0v) is 11.8. The number of rotatable bonds is 6. The van der Waals surface area contributed by atoms with Crippen molar-refractivity contribution in [2.75, 3.05) is 7.11 Å². The average Bonchev–Trinajstić information content (AvgIpc) is 2.42. The maximum atomic E-state index is 13.1. The fourth-order valence-corrected chi connectivity index (χ4v) is 1.44. The first kappa shape index (κ1) is 25.8. The summed E-state index contributed by atoms with van der Waals surface area (Å²) < 4.78 is 217. The van der Waals surface area contributed by atoms with Gasteiger partial charge in [0.1, 0.15) is 0 Å². The molecule has 1 nitrogen and oxygen atoms in total. The van der Waals surface area contributed by atoms with Crippen molar-refractivity contribution in [3.63, 3.8) is 0 Å². The molecule has 0 unspecified atom stereocenters. The Bertz CT molecular complexity index is 526. The molecule has 0 aliphatic heterocycles. The first-order valence-corrected chi connectivity index (χ1v) is 5.58. The van der Waals surface area contributed by atoms with Crippen LogP contribution in [-0.4, -0.2) is 54.9 Å². The molecule has 0 radical (unpaired) electrons. The van der Waals surface area contributed by atoms with Gasteiger partial charge in [-0.1, -0.05) is 0 Å². The number of halogens is 17. The van der Waals surface area contributed by atoms with Crippen LogP contribution in [0.5, 0.6) is 0 Å². The molecule has 0 amide bonds. The molecule has 0 rings (SSSR count). The van der Waals surface area contributed by atoms with E-state index < -0.39 is 54.9 Å². The van der Waals surface area contributed by atoms with Gasteiger partial charge in [0.2, 0.25) is 0 Å². The Morgan fingerprint density at radius 3 is 0.889 bits per heavy atom. The van der Waals surface area contributed by atoms with Crippen molar-refractivity contribution in [3.05, 3.63) is 0 Å². The molecule has 27 heavy (non-hydrogen) atoms. The fourth-order valence-electron chi connectivity index (χ4n) is 1.44. The molecule has 0 aliphatic carbocycles. The first-order valence-electron chi connectivity index (χ1n) is 5.58. The van der Waals surface area contributed by atoms with Gasteiger partial charge in [0.05, 0.1) is 0 Å². The summed E-state index contributed by atoms with van der Waals surface area (Å²) in [6, 6.07) is 0. The summed E-state index contributed by atoms with van der Waals surface area (Å²) in [5, 5.41) is 0. The van der Waals surface area contributed by atoms with Crippen LogP contribution in [0.4, 0.5) is 74.6 Å². The average molecular weight is 450 g/mol. The van der Waals surface area contributed by atoms with Gasteiger partial charge >= 0.3 is 47.8 Å². The summed E-state index contributed by atoms with van der Waals surface area (Å²) in [4.78, 5) is 0. The molecule has 164 valence electrons. The van der Waals surface area contributed by atoms with E-state index in [9.17, 15) is 74.6 Å². The van der Waals surface area contributed by atoms with Gasteiger partial charge in [-0.15, -0.1) is 0 Å².